The lowest BCUT2D eigenvalue weighted by Gasteiger charge is -2.43. The van der Waals surface area contributed by atoms with E-state index in [0.29, 0.717) is 21.5 Å². The summed E-state index contributed by atoms with van der Waals surface area (Å²) >= 11 is 12.2. The van der Waals surface area contributed by atoms with E-state index in [1.165, 1.54) is 0 Å². The van der Waals surface area contributed by atoms with Gasteiger partial charge in [-0.3, -0.25) is 0 Å². The molecule has 5 nitrogen and oxygen atoms in total. The van der Waals surface area contributed by atoms with Crippen molar-refractivity contribution in [2.45, 2.75) is 18.2 Å². The fourth-order valence-corrected chi connectivity index (χ4v) is 3.46. The third-order valence-electron chi connectivity index (χ3n) is 4.28. The van der Waals surface area contributed by atoms with Gasteiger partial charge in [0.2, 0.25) is 0 Å². The number of fused-ring (bicyclic) bond motifs is 2. The number of nitrogens with zero attached hydrogens (tertiary/aromatic N) is 1. The Morgan fingerprint density at radius 1 is 0.917 bits per heavy atom. The average Bonchev–Trinajstić information content (AvgIpc) is 2.55. The molecule has 2 aromatic rings. The Hall–Kier alpha value is -1.50. The molecule has 0 saturated carbocycles. The van der Waals surface area contributed by atoms with Gasteiger partial charge in [0, 0.05) is 22.2 Å². The predicted molar refractivity (Wildman–Crippen MR) is 91.7 cm³/mol. The van der Waals surface area contributed by atoms with Crippen LogP contribution in [0, 0.1) is 0 Å². The normalized spacial score (nSPS) is 25.7. The molecule has 0 radical (unpaired) electrons. The quantitative estimate of drug-likeness (QED) is 0.808. The highest BCUT2D eigenvalue weighted by Crippen LogP contribution is 2.49. The number of hydrogen-bond donors (Lipinski definition) is 2. The minimum Gasteiger partial charge on any atom is -0.453 e. The van der Waals surface area contributed by atoms with Crippen molar-refractivity contribution in [2.75, 3.05) is 18.1 Å². The van der Waals surface area contributed by atoms with E-state index < -0.39 is 18.2 Å². The highest BCUT2D eigenvalue weighted by molar-refractivity contribution is 6.31. The molecule has 2 aliphatic rings. The van der Waals surface area contributed by atoms with Crippen molar-refractivity contribution in [3.8, 4) is 11.5 Å². The van der Waals surface area contributed by atoms with Crippen LogP contribution in [-0.4, -0.2) is 41.7 Å². The van der Waals surface area contributed by atoms with Crippen LogP contribution in [0.4, 0.5) is 11.4 Å². The second kappa shape index (κ2) is 6.10. The summed E-state index contributed by atoms with van der Waals surface area (Å²) in [5.41, 5.74) is 1.49. The van der Waals surface area contributed by atoms with Crippen molar-refractivity contribution >= 4 is 34.6 Å². The number of ether oxygens (including phenoxy) is 2. The van der Waals surface area contributed by atoms with E-state index in [1.54, 1.807) is 24.3 Å². The molecular weight excluding hydrogens is 353 g/mol. The molecule has 2 heterocycles. The molecule has 0 unspecified atom stereocenters. The number of aliphatic hydroxyl groups is 2. The lowest BCUT2D eigenvalue weighted by Crippen LogP contribution is -2.55. The smallest absolute Gasteiger partial charge is 0.152 e. The first kappa shape index (κ1) is 16.0. The fraction of sp³-hybridized carbons (Fsp3) is 0.294. The van der Waals surface area contributed by atoms with E-state index in [0.717, 1.165) is 11.4 Å². The summed E-state index contributed by atoms with van der Waals surface area (Å²) in [4.78, 5) is 1.91. The third kappa shape index (κ3) is 2.62. The average molecular weight is 368 g/mol. The van der Waals surface area contributed by atoms with Gasteiger partial charge in [0.05, 0.1) is 30.6 Å². The fourth-order valence-electron chi connectivity index (χ4n) is 3.13. The van der Waals surface area contributed by atoms with E-state index in [1.807, 2.05) is 17.0 Å². The molecule has 7 heteroatoms. The first-order chi connectivity index (χ1) is 11.5. The van der Waals surface area contributed by atoms with Gasteiger partial charge in [0.25, 0.3) is 0 Å². The molecule has 1 fully saturated rings. The summed E-state index contributed by atoms with van der Waals surface area (Å²) in [5.74, 6) is 1.12. The van der Waals surface area contributed by atoms with Crippen LogP contribution in [0.15, 0.2) is 36.4 Å². The maximum Gasteiger partial charge on any atom is 0.152 e. The van der Waals surface area contributed by atoms with Crippen LogP contribution in [0.3, 0.4) is 0 Å². The number of aliphatic hydroxyl groups excluding tert-OH is 2. The molecule has 4 rings (SSSR count). The molecule has 0 amide bonds. The van der Waals surface area contributed by atoms with Crippen molar-refractivity contribution < 1.29 is 19.7 Å². The number of hydrogen-bond acceptors (Lipinski definition) is 5. The second-order valence-corrected chi connectivity index (χ2v) is 6.73. The summed E-state index contributed by atoms with van der Waals surface area (Å²) in [6.07, 6.45) is -1.90. The van der Waals surface area contributed by atoms with Gasteiger partial charge in [-0.1, -0.05) is 23.2 Å². The zero-order valence-electron chi connectivity index (χ0n) is 12.5. The van der Waals surface area contributed by atoms with Gasteiger partial charge in [-0.15, -0.1) is 0 Å². The number of benzene rings is 2. The minimum absolute atomic E-state index is 0.114. The molecule has 24 heavy (non-hydrogen) atoms. The molecule has 0 bridgehead atoms. The van der Waals surface area contributed by atoms with Crippen LogP contribution < -0.4 is 9.64 Å². The van der Waals surface area contributed by atoms with E-state index >= 15 is 0 Å². The molecule has 0 spiro atoms. The van der Waals surface area contributed by atoms with Crippen LogP contribution >= 0.6 is 23.2 Å². The topological polar surface area (TPSA) is 62.2 Å². The number of rotatable bonds is 1. The van der Waals surface area contributed by atoms with Gasteiger partial charge in [0.1, 0.15) is 12.2 Å². The molecule has 0 aliphatic carbocycles. The Morgan fingerprint density at radius 2 is 1.50 bits per heavy atom. The molecular formula is C17H15Cl2NO4. The highest BCUT2D eigenvalue weighted by Gasteiger charge is 2.39. The standard InChI is InChI=1S/C17H15Cl2NO4/c18-9-1-3-11-15(5-9)24-16-6-10(19)2-4-12(16)20(11)13-7-23-8-14(21)17(13)22/h1-6,13-14,17,21-22H,7-8H2/t13-,14-,17+/m0/s1. The molecule has 3 atom stereocenters. The van der Waals surface area contributed by atoms with E-state index in [9.17, 15) is 10.2 Å². The highest BCUT2D eigenvalue weighted by atomic mass is 35.5. The first-order valence-electron chi connectivity index (χ1n) is 7.54. The van der Waals surface area contributed by atoms with Crippen molar-refractivity contribution in [1.82, 2.24) is 0 Å². The molecule has 0 aromatic heterocycles. The maximum absolute atomic E-state index is 10.5. The van der Waals surface area contributed by atoms with Gasteiger partial charge >= 0.3 is 0 Å². The van der Waals surface area contributed by atoms with Crippen LogP contribution in [0.5, 0.6) is 11.5 Å². The molecule has 2 aromatic carbocycles. The Kier molecular flexibility index (Phi) is 4.06. The van der Waals surface area contributed by atoms with Gasteiger partial charge < -0.3 is 24.6 Å². The maximum atomic E-state index is 10.5. The van der Waals surface area contributed by atoms with Crippen LogP contribution in [-0.2, 0) is 4.74 Å². The van der Waals surface area contributed by atoms with E-state index in [-0.39, 0.29) is 13.2 Å². The SMILES string of the molecule is O[C@H]1[C@@H](O)COC[C@@H]1N1c2ccc(Cl)cc2Oc2cc(Cl)ccc21. The zero-order chi connectivity index (χ0) is 16.8. The number of anilines is 2. The van der Waals surface area contributed by atoms with E-state index in [4.69, 9.17) is 32.7 Å². The molecule has 2 N–H and O–H groups in total. The van der Waals surface area contributed by atoms with Crippen molar-refractivity contribution in [1.29, 1.82) is 0 Å². The lowest BCUT2D eigenvalue weighted by atomic mass is 9.99. The van der Waals surface area contributed by atoms with Gasteiger partial charge in [-0.05, 0) is 24.3 Å². The van der Waals surface area contributed by atoms with Crippen molar-refractivity contribution in [3.63, 3.8) is 0 Å². The first-order valence-corrected chi connectivity index (χ1v) is 8.30. The van der Waals surface area contributed by atoms with Crippen LogP contribution in [0.1, 0.15) is 0 Å². The van der Waals surface area contributed by atoms with Crippen molar-refractivity contribution in [3.05, 3.63) is 46.4 Å². The van der Waals surface area contributed by atoms with Crippen molar-refractivity contribution in [2.24, 2.45) is 0 Å². The Morgan fingerprint density at radius 3 is 2.08 bits per heavy atom. The van der Waals surface area contributed by atoms with Gasteiger partial charge in [0.15, 0.2) is 11.5 Å². The molecule has 1 saturated heterocycles. The summed E-state index contributed by atoms with van der Waals surface area (Å²) in [6, 6.07) is 10.1. The summed E-state index contributed by atoms with van der Waals surface area (Å²) in [7, 11) is 0. The molecule has 126 valence electrons. The lowest BCUT2D eigenvalue weighted by molar-refractivity contribution is -0.0964. The van der Waals surface area contributed by atoms with Crippen LogP contribution in [0.2, 0.25) is 10.0 Å². The van der Waals surface area contributed by atoms with E-state index in [2.05, 4.69) is 0 Å². The van der Waals surface area contributed by atoms with Crippen LogP contribution in [0.25, 0.3) is 0 Å². The Balaban J connectivity index is 1.86. The largest absolute Gasteiger partial charge is 0.453 e. The second-order valence-electron chi connectivity index (χ2n) is 5.86. The van der Waals surface area contributed by atoms with Gasteiger partial charge in [-0.25, -0.2) is 0 Å². The predicted octanol–water partition coefficient (Wildman–Crippen LogP) is 3.36. The zero-order valence-corrected chi connectivity index (χ0v) is 14.0. The summed E-state index contributed by atoms with van der Waals surface area (Å²) < 4.78 is 11.4. The molecule has 2 aliphatic heterocycles. The minimum atomic E-state index is -0.955. The number of halogens is 2. The Labute approximate surface area is 148 Å². The van der Waals surface area contributed by atoms with Gasteiger partial charge in [-0.2, -0.15) is 0 Å². The Bertz CT molecular complexity index is 734. The monoisotopic (exact) mass is 367 g/mol. The third-order valence-corrected chi connectivity index (χ3v) is 4.75. The summed E-state index contributed by atoms with van der Waals surface area (Å²) in [6.45, 7) is 0.394. The summed E-state index contributed by atoms with van der Waals surface area (Å²) in [5, 5.41) is 21.6.